The molecule has 0 aliphatic rings. The minimum Gasteiger partial charge on any atom is -0.497 e. The maximum Gasteiger partial charge on any atom is 0.471 e. The molecule has 0 spiro atoms. The van der Waals surface area contributed by atoms with Crippen LogP contribution in [0.3, 0.4) is 0 Å². The van der Waals surface area contributed by atoms with Gasteiger partial charge in [0.25, 0.3) is 0 Å². The highest BCUT2D eigenvalue weighted by atomic mass is 19.4. The van der Waals surface area contributed by atoms with E-state index in [1.165, 1.54) is 19.2 Å². The number of anilines is 1. The maximum atomic E-state index is 12.7. The Morgan fingerprint density at radius 3 is 2.62 bits per heavy atom. The molecular formula is C18H15F3N2O3. The molecule has 0 saturated heterocycles. The van der Waals surface area contributed by atoms with E-state index in [0.717, 1.165) is 7.05 Å². The number of fused-ring (bicyclic) bond motifs is 1. The molecular weight excluding hydrogens is 349 g/mol. The van der Waals surface area contributed by atoms with Gasteiger partial charge in [-0.05, 0) is 42.8 Å². The summed E-state index contributed by atoms with van der Waals surface area (Å²) in [5.41, 5.74) is 2.13. The quantitative estimate of drug-likeness (QED) is 0.694. The third kappa shape index (κ3) is 3.22. The van der Waals surface area contributed by atoms with E-state index in [-0.39, 0.29) is 5.69 Å². The summed E-state index contributed by atoms with van der Waals surface area (Å²) in [4.78, 5) is 16.3. The van der Waals surface area contributed by atoms with Gasteiger partial charge in [-0.1, -0.05) is 6.07 Å². The van der Waals surface area contributed by atoms with Crippen LogP contribution in [0.15, 0.2) is 40.8 Å². The number of alkyl halides is 3. The molecule has 0 radical (unpaired) electrons. The highest BCUT2D eigenvalue weighted by Gasteiger charge is 2.41. The largest absolute Gasteiger partial charge is 0.497 e. The second-order valence-corrected chi connectivity index (χ2v) is 5.72. The lowest BCUT2D eigenvalue weighted by atomic mass is 10.2. The molecule has 0 saturated carbocycles. The lowest BCUT2D eigenvalue weighted by molar-refractivity contribution is -0.170. The van der Waals surface area contributed by atoms with E-state index in [1.54, 1.807) is 31.2 Å². The molecule has 1 heterocycles. The number of rotatable bonds is 3. The Morgan fingerprint density at radius 2 is 1.96 bits per heavy atom. The number of benzene rings is 2. The number of methoxy groups -OCH3 is 1. The Bertz CT molecular complexity index is 979. The maximum absolute atomic E-state index is 12.7. The molecule has 0 aliphatic carbocycles. The van der Waals surface area contributed by atoms with E-state index >= 15 is 0 Å². The van der Waals surface area contributed by atoms with Crippen molar-refractivity contribution >= 4 is 22.7 Å². The first kappa shape index (κ1) is 17.8. The minimum atomic E-state index is -4.95. The van der Waals surface area contributed by atoms with Gasteiger partial charge in [0.05, 0.1) is 7.11 Å². The summed E-state index contributed by atoms with van der Waals surface area (Å²) in [7, 11) is 2.61. The molecule has 0 bridgehead atoms. The van der Waals surface area contributed by atoms with E-state index in [0.29, 0.717) is 38.8 Å². The zero-order valence-corrected chi connectivity index (χ0v) is 14.2. The molecule has 5 nitrogen and oxygen atoms in total. The van der Waals surface area contributed by atoms with Crippen LogP contribution < -0.4 is 9.64 Å². The summed E-state index contributed by atoms with van der Waals surface area (Å²) in [6.45, 7) is 1.68. The van der Waals surface area contributed by atoms with Gasteiger partial charge in [0, 0.05) is 18.3 Å². The summed E-state index contributed by atoms with van der Waals surface area (Å²) < 4.78 is 48.9. The smallest absolute Gasteiger partial charge is 0.471 e. The lowest BCUT2D eigenvalue weighted by Gasteiger charge is -2.19. The number of aryl methyl sites for hydroxylation is 1. The van der Waals surface area contributed by atoms with Crippen molar-refractivity contribution < 1.29 is 27.1 Å². The van der Waals surface area contributed by atoms with Crippen LogP contribution in [0.25, 0.3) is 22.6 Å². The first-order chi connectivity index (χ1) is 12.2. The van der Waals surface area contributed by atoms with Crippen LogP contribution in [0.4, 0.5) is 18.9 Å². The predicted octanol–water partition coefficient (Wildman–Crippen LogP) is 4.34. The number of amides is 1. The zero-order chi connectivity index (χ0) is 19.1. The zero-order valence-electron chi connectivity index (χ0n) is 14.2. The topological polar surface area (TPSA) is 55.6 Å². The third-order valence-corrected chi connectivity index (χ3v) is 3.91. The van der Waals surface area contributed by atoms with E-state index in [1.807, 2.05) is 0 Å². The Hall–Kier alpha value is -3.03. The molecule has 1 amide bonds. The Morgan fingerprint density at radius 1 is 1.23 bits per heavy atom. The highest BCUT2D eigenvalue weighted by molar-refractivity contribution is 5.98. The average molecular weight is 364 g/mol. The van der Waals surface area contributed by atoms with Crippen molar-refractivity contribution in [1.29, 1.82) is 0 Å². The molecule has 0 N–H and O–H groups in total. The van der Waals surface area contributed by atoms with Gasteiger partial charge in [-0.3, -0.25) is 4.79 Å². The fourth-order valence-corrected chi connectivity index (χ4v) is 2.56. The molecule has 26 heavy (non-hydrogen) atoms. The Kier molecular flexibility index (Phi) is 4.35. The van der Waals surface area contributed by atoms with Gasteiger partial charge in [-0.25, -0.2) is 4.98 Å². The molecule has 3 rings (SSSR count). The van der Waals surface area contributed by atoms with Crippen molar-refractivity contribution in [2.75, 3.05) is 19.1 Å². The van der Waals surface area contributed by atoms with Crippen LogP contribution in [0.1, 0.15) is 5.56 Å². The van der Waals surface area contributed by atoms with Gasteiger partial charge < -0.3 is 14.1 Å². The van der Waals surface area contributed by atoms with Crippen molar-refractivity contribution in [2.24, 2.45) is 0 Å². The van der Waals surface area contributed by atoms with Gasteiger partial charge in [-0.2, -0.15) is 13.2 Å². The van der Waals surface area contributed by atoms with Crippen molar-refractivity contribution in [3.05, 3.63) is 42.0 Å². The van der Waals surface area contributed by atoms with E-state index in [4.69, 9.17) is 9.15 Å². The summed E-state index contributed by atoms with van der Waals surface area (Å²) in [5, 5.41) is 0. The fourth-order valence-electron chi connectivity index (χ4n) is 2.56. The number of ether oxygens (including phenoxy) is 1. The number of halogens is 3. The minimum absolute atomic E-state index is 0.0859. The molecule has 0 aliphatic heterocycles. The van der Waals surface area contributed by atoms with Crippen LogP contribution in [0.5, 0.6) is 5.75 Å². The predicted molar refractivity (Wildman–Crippen MR) is 90.2 cm³/mol. The molecule has 3 aromatic rings. The van der Waals surface area contributed by atoms with Crippen molar-refractivity contribution in [3.63, 3.8) is 0 Å². The van der Waals surface area contributed by atoms with E-state index in [9.17, 15) is 18.0 Å². The average Bonchev–Trinajstić information content (AvgIpc) is 3.04. The van der Waals surface area contributed by atoms with Crippen molar-refractivity contribution in [2.45, 2.75) is 13.1 Å². The van der Waals surface area contributed by atoms with Gasteiger partial charge in [0.1, 0.15) is 11.3 Å². The van der Waals surface area contributed by atoms with Gasteiger partial charge in [-0.15, -0.1) is 0 Å². The van der Waals surface area contributed by atoms with Crippen molar-refractivity contribution in [1.82, 2.24) is 4.98 Å². The Balaban J connectivity index is 2.05. The number of carbonyl (C=O) groups is 1. The van der Waals surface area contributed by atoms with Crippen LogP contribution in [-0.4, -0.2) is 31.2 Å². The summed E-state index contributed by atoms with van der Waals surface area (Å²) in [6, 6.07) is 9.90. The monoisotopic (exact) mass is 364 g/mol. The normalized spacial score (nSPS) is 11.6. The SMILES string of the molecule is COc1cccc(-c2nc3cc(N(C)C(=O)C(F)(F)F)cc(C)c3o2)c1. The molecule has 136 valence electrons. The second kappa shape index (κ2) is 6.36. The number of aromatic nitrogens is 1. The molecule has 0 fully saturated rings. The molecule has 1 aromatic heterocycles. The Labute approximate surface area is 147 Å². The number of carbonyl (C=O) groups excluding carboxylic acids is 1. The molecule has 0 atom stereocenters. The number of hydrogen-bond donors (Lipinski definition) is 0. The molecule has 0 unspecified atom stereocenters. The molecule has 2 aromatic carbocycles. The van der Waals surface area contributed by atoms with E-state index in [2.05, 4.69) is 4.98 Å². The number of oxazole rings is 1. The van der Waals surface area contributed by atoms with Gasteiger partial charge >= 0.3 is 12.1 Å². The second-order valence-electron chi connectivity index (χ2n) is 5.72. The van der Waals surface area contributed by atoms with Crippen LogP contribution in [0, 0.1) is 6.92 Å². The number of nitrogens with zero attached hydrogens (tertiary/aromatic N) is 2. The number of hydrogen-bond acceptors (Lipinski definition) is 4. The van der Waals surface area contributed by atoms with Gasteiger partial charge in [0.2, 0.25) is 5.89 Å². The molecule has 8 heteroatoms. The third-order valence-electron chi connectivity index (χ3n) is 3.91. The van der Waals surface area contributed by atoms with Crippen LogP contribution >= 0.6 is 0 Å². The first-order valence-electron chi connectivity index (χ1n) is 7.61. The van der Waals surface area contributed by atoms with Crippen molar-refractivity contribution in [3.8, 4) is 17.2 Å². The van der Waals surface area contributed by atoms with Gasteiger partial charge in [0.15, 0.2) is 5.58 Å². The first-order valence-corrected chi connectivity index (χ1v) is 7.61. The summed E-state index contributed by atoms with van der Waals surface area (Å²) >= 11 is 0. The highest BCUT2D eigenvalue weighted by Crippen LogP contribution is 2.32. The van der Waals surface area contributed by atoms with Crippen LogP contribution in [-0.2, 0) is 4.79 Å². The summed E-state index contributed by atoms with van der Waals surface area (Å²) in [6.07, 6.45) is -4.95. The fraction of sp³-hybridized carbons (Fsp3) is 0.222. The summed E-state index contributed by atoms with van der Waals surface area (Å²) in [5.74, 6) is -1.02. The van der Waals surface area contributed by atoms with E-state index < -0.39 is 12.1 Å². The van der Waals surface area contributed by atoms with Crippen LogP contribution in [0.2, 0.25) is 0 Å². The standard InChI is InChI=1S/C18H15F3N2O3/c1-10-7-12(23(2)17(24)18(19,20)21)9-14-15(10)26-16(22-14)11-5-4-6-13(8-11)25-3/h4-9H,1-3H3. The lowest BCUT2D eigenvalue weighted by Crippen LogP contribution is -2.38.